The molecule has 0 fully saturated rings. The van der Waals surface area contributed by atoms with Gasteiger partial charge in [0.15, 0.2) is 0 Å². The van der Waals surface area contributed by atoms with E-state index in [0.717, 1.165) is 10.5 Å². The Morgan fingerprint density at radius 1 is 0.853 bits per heavy atom. The van der Waals surface area contributed by atoms with Gasteiger partial charge in [0.25, 0.3) is 17.7 Å². The van der Waals surface area contributed by atoms with Crippen molar-refractivity contribution in [1.29, 1.82) is 0 Å². The number of anilines is 3. The fourth-order valence-corrected chi connectivity index (χ4v) is 4.00. The minimum Gasteiger partial charge on any atom is -0.350 e. The number of imide groups is 1. The van der Waals surface area contributed by atoms with Crippen molar-refractivity contribution in [3.63, 3.8) is 0 Å². The van der Waals surface area contributed by atoms with E-state index in [1.54, 1.807) is 54.6 Å². The van der Waals surface area contributed by atoms with Crippen molar-refractivity contribution in [3.8, 4) is 0 Å². The molecule has 2 N–H and O–H groups in total. The van der Waals surface area contributed by atoms with Gasteiger partial charge in [0.1, 0.15) is 10.7 Å². The van der Waals surface area contributed by atoms with Gasteiger partial charge in [-0.25, -0.2) is 4.90 Å². The van der Waals surface area contributed by atoms with Crippen molar-refractivity contribution in [2.24, 2.45) is 0 Å². The first-order chi connectivity index (χ1) is 16.3. The molecule has 0 radical (unpaired) electrons. The maximum absolute atomic E-state index is 13.0. The number of carbonyl (C=O) groups excluding carboxylic acids is 3. The molecule has 9 heteroatoms. The van der Waals surface area contributed by atoms with Crippen LogP contribution in [0, 0.1) is 0 Å². The molecule has 0 bridgehead atoms. The molecule has 6 nitrogen and oxygen atoms in total. The predicted octanol–water partition coefficient (Wildman–Crippen LogP) is 6.24. The molecule has 172 valence electrons. The van der Waals surface area contributed by atoms with Crippen LogP contribution in [-0.4, -0.2) is 17.7 Å². The predicted molar refractivity (Wildman–Crippen MR) is 136 cm³/mol. The zero-order valence-electron chi connectivity index (χ0n) is 17.9. The molecule has 3 aromatic carbocycles. The summed E-state index contributed by atoms with van der Waals surface area (Å²) in [5, 5.41) is 6.17. The summed E-state index contributed by atoms with van der Waals surface area (Å²) in [4.78, 5) is 39.4. The molecule has 0 aromatic heterocycles. The first-order valence-corrected chi connectivity index (χ1v) is 11.4. The number of benzene rings is 3. The van der Waals surface area contributed by atoms with E-state index in [2.05, 4.69) is 10.6 Å². The van der Waals surface area contributed by atoms with E-state index in [1.807, 2.05) is 19.1 Å². The summed E-state index contributed by atoms with van der Waals surface area (Å²) >= 11 is 18.1. The van der Waals surface area contributed by atoms with E-state index < -0.39 is 11.8 Å². The van der Waals surface area contributed by atoms with Crippen LogP contribution in [-0.2, 0) is 16.0 Å². The van der Waals surface area contributed by atoms with Crippen molar-refractivity contribution >= 4 is 69.6 Å². The van der Waals surface area contributed by atoms with Gasteiger partial charge in [-0.05, 0) is 60.5 Å². The number of nitrogens with zero attached hydrogens (tertiary/aromatic N) is 1. The first-order valence-electron chi connectivity index (χ1n) is 10.3. The smallest absolute Gasteiger partial charge is 0.283 e. The molecule has 1 aliphatic heterocycles. The summed E-state index contributed by atoms with van der Waals surface area (Å²) in [5.41, 5.74) is 2.71. The molecule has 1 aliphatic rings. The van der Waals surface area contributed by atoms with Crippen LogP contribution in [0.15, 0.2) is 77.5 Å². The molecule has 0 saturated carbocycles. The Balaban J connectivity index is 1.49. The van der Waals surface area contributed by atoms with Crippen LogP contribution in [0.2, 0.25) is 10.0 Å². The minimum absolute atomic E-state index is 0.0226. The van der Waals surface area contributed by atoms with Crippen LogP contribution in [0.1, 0.15) is 22.8 Å². The van der Waals surface area contributed by atoms with Gasteiger partial charge in [-0.1, -0.05) is 59.9 Å². The SMILES string of the molecule is CCc1ccccc1N1C(=O)C(Cl)=C(Nc2ccc(C(=O)Nc3ccc(Cl)c(Cl)c3)cc2)C1=O. The van der Waals surface area contributed by atoms with Gasteiger partial charge in [0, 0.05) is 16.9 Å². The maximum Gasteiger partial charge on any atom is 0.283 e. The monoisotopic (exact) mass is 513 g/mol. The minimum atomic E-state index is -0.590. The van der Waals surface area contributed by atoms with Crippen LogP contribution in [0.25, 0.3) is 0 Å². The van der Waals surface area contributed by atoms with Gasteiger partial charge in [-0.3, -0.25) is 14.4 Å². The molecule has 34 heavy (non-hydrogen) atoms. The quantitative estimate of drug-likeness (QED) is 0.382. The largest absolute Gasteiger partial charge is 0.350 e. The average Bonchev–Trinajstić information content (AvgIpc) is 3.04. The van der Waals surface area contributed by atoms with Crippen molar-refractivity contribution in [3.05, 3.63) is 98.6 Å². The van der Waals surface area contributed by atoms with Gasteiger partial charge < -0.3 is 10.6 Å². The third-order valence-electron chi connectivity index (χ3n) is 5.23. The molecule has 0 saturated heterocycles. The summed E-state index contributed by atoms with van der Waals surface area (Å²) in [6.45, 7) is 1.94. The number of para-hydroxylation sites is 1. The Morgan fingerprint density at radius 3 is 2.21 bits per heavy atom. The fourth-order valence-electron chi connectivity index (χ4n) is 3.48. The molecule has 3 amide bonds. The molecule has 0 atom stereocenters. The van der Waals surface area contributed by atoms with Crippen molar-refractivity contribution in [1.82, 2.24) is 0 Å². The van der Waals surface area contributed by atoms with E-state index in [-0.39, 0.29) is 16.6 Å². The molecule has 0 spiro atoms. The summed E-state index contributed by atoms with van der Waals surface area (Å²) in [6, 6.07) is 18.3. The first kappa shape index (κ1) is 23.8. The molecule has 0 unspecified atom stereocenters. The Bertz CT molecular complexity index is 1340. The van der Waals surface area contributed by atoms with Gasteiger partial charge in [-0.2, -0.15) is 0 Å². The van der Waals surface area contributed by atoms with Gasteiger partial charge in [0.05, 0.1) is 15.7 Å². The molecule has 4 rings (SSSR count). The van der Waals surface area contributed by atoms with E-state index in [4.69, 9.17) is 34.8 Å². The van der Waals surface area contributed by atoms with Crippen LogP contribution in [0.3, 0.4) is 0 Å². The van der Waals surface area contributed by atoms with E-state index >= 15 is 0 Å². The summed E-state index contributed by atoms with van der Waals surface area (Å²) in [7, 11) is 0. The lowest BCUT2D eigenvalue weighted by Crippen LogP contribution is -2.33. The Hall–Kier alpha value is -3.32. The number of nitrogens with one attached hydrogen (secondary N) is 2. The standard InChI is InChI=1S/C25H18Cl3N3O3/c1-2-14-5-3-4-6-20(14)31-24(33)21(28)22(25(31)34)29-16-9-7-15(8-10-16)23(32)30-17-11-12-18(26)19(27)13-17/h3-13,29H,2H2,1H3,(H,30,32). The van der Waals surface area contributed by atoms with Crippen LogP contribution >= 0.6 is 34.8 Å². The normalized spacial score (nSPS) is 13.5. The highest BCUT2D eigenvalue weighted by atomic mass is 35.5. The highest BCUT2D eigenvalue weighted by molar-refractivity contribution is 6.53. The number of carbonyl (C=O) groups is 3. The summed E-state index contributed by atoms with van der Waals surface area (Å²) in [6.07, 6.45) is 0.652. The molecule has 3 aromatic rings. The van der Waals surface area contributed by atoms with Gasteiger partial charge in [-0.15, -0.1) is 0 Å². The zero-order valence-corrected chi connectivity index (χ0v) is 20.1. The van der Waals surface area contributed by atoms with Crippen LogP contribution in [0.4, 0.5) is 17.1 Å². The average molecular weight is 515 g/mol. The second-order valence-corrected chi connectivity index (χ2v) is 8.59. The lowest BCUT2D eigenvalue weighted by Gasteiger charge is -2.18. The van der Waals surface area contributed by atoms with Gasteiger partial charge in [0.2, 0.25) is 0 Å². The Kier molecular flexibility index (Phi) is 6.93. The Labute approximate surface area is 211 Å². The van der Waals surface area contributed by atoms with Crippen LogP contribution in [0.5, 0.6) is 0 Å². The van der Waals surface area contributed by atoms with Crippen LogP contribution < -0.4 is 15.5 Å². The molecular weight excluding hydrogens is 497 g/mol. The number of hydrogen-bond donors (Lipinski definition) is 2. The number of amides is 3. The Morgan fingerprint density at radius 2 is 1.53 bits per heavy atom. The highest BCUT2D eigenvalue weighted by Crippen LogP contribution is 2.32. The highest BCUT2D eigenvalue weighted by Gasteiger charge is 2.39. The molecular formula is C25H18Cl3N3O3. The lowest BCUT2D eigenvalue weighted by molar-refractivity contribution is -0.120. The number of rotatable bonds is 6. The fraction of sp³-hybridized carbons (Fsp3) is 0.0800. The second kappa shape index (κ2) is 9.89. The van der Waals surface area contributed by atoms with E-state index in [1.165, 1.54) is 0 Å². The zero-order chi connectivity index (χ0) is 24.4. The summed E-state index contributed by atoms with van der Waals surface area (Å²) in [5.74, 6) is -1.48. The molecule has 0 aliphatic carbocycles. The number of halogens is 3. The second-order valence-electron chi connectivity index (χ2n) is 7.40. The van der Waals surface area contributed by atoms with Crippen molar-refractivity contribution in [2.75, 3.05) is 15.5 Å². The van der Waals surface area contributed by atoms with Crippen molar-refractivity contribution < 1.29 is 14.4 Å². The number of hydrogen-bond acceptors (Lipinski definition) is 4. The van der Waals surface area contributed by atoms with E-state index in [0.29, 0.717) is 39.1 Å². The maximum atomic E-state index is 13.0. The summed E-state index contributed by atoms with van der Waals surface area (Å²) < 4.78 is 0. The third kappa shape index (κ3) is 4.66. The lowest BCUT2D eigenvalue weighted by atomic mass is 10.1. The topological polar surface area (TPSA) is 78.5 Å². The third-order valence-corrected chi connectivity index (χ3v) is 6.32. The number of aryl methyl sites for hydroxylation is 1. The van der Waals surface area contributed by atoms with Gasteiger partial charge >= 0.3 is 0 Å². The van der Waals surface area contributed by atoms with E-state index in [9.17, 15) is 14.4 Å². The van der Waals surface area contributed by atoms with Crippen molar-refractivity contribution in [2.45, 2.75) is 13.3 Å². The molecule has 1 heterocycles.